The van der Waals surface area contributed by atoms with Crippen LogP contribution in [0, 0.1) is 11.3 Å². The van der Waals surface area contributed by atoms with E-state index in [0.29, 0.717) is 11.3 Å². The molecule has 2 heterocycles. The minimum atomic E-state index is -0.171. The van der Waals surface area contributed by atoms with Crippen molar-refractivity contribution in [1.82, 2.24) is 4.90 Å². The van der Waals surface area contributed by atoms with E-state index < -0.39 is 0 Å². The SMILES string of the molecule is COc1ccc(C=C2SC(N3CC[NH+](CCC#N)CC3)=NC2=O)cc1. The van der Waals surface area contributed by atoms with E-state index in [0.717, 1.165) is 49.2 Å². The maximum absolute atomic E-state index is 12.2. The lowest BCUT2D eigenvalue weighted by Gasteiger charge is -2.32. The molecule has 1 amide bonds. The average Bonchev–Trinajstić information content (AvgIpc) is 3.01. The summed E-state index contributed by atoms with van der Waals surface area (Å²) in [7, 11) is 1.63. The summed E-state index contributed by atoms with van der Waals surface area (Å²) in [6.07, 6.45) is 2.47. The zero-order valence-corrected chi connectivity index (χ0v) is 15.0. The van der Waals surface area contributed by atoms with Crippen LogP contribution < -0.4 is 9.64 Å². The number of quaternary nitrogens is 1. The van der Waals surface area contributed by atoms with Gasteiger partial charge in [-0.2, -0.15) is 10.3 Å². The van der Waals surface area contributed by atoms with Crippen molar-refractivity contribution in [2.24, 2.45) is 4.99 Å². The molecule has 0 bridgehead atoms. The highest BCUT2D eigenvalue weighted by Gasteiger charge is 2.29. The lowest BCUT2D eigenvalue weighted by atomic mass is 10.2. The summed E-state index contributed by atoms with van der Waals surface area (Å²) in [6.45, 7) is 4.59. The van der Waals surface area contributed by atoms with Crippen molar-refractivity contribution in [2.75, 3.05) is 39.8 Å². The van der Waals surface area contributed by atoms with Crippen LogP contribution in [0.5, 0.6) is 5.75 Å². The average molecular weight is 357 g/mol. The summed E-state index contributed by atoms with van der Waals surface area (Å²) in [4.78, 5) is 20.7. The Morgan fingerprint density at radius 3 is 2.72 bits per heavy atom. The first-order chi connectivity index (χ1) is 12.2. The molecule has 1 fully saturated rings. The van der Waals surface area contributed by atoms with Gasteiger partial charge in [0.15, 0.2) is 5.17 Å². The molecular formula is C18H21N4O2S+. The number of thioether (sulfide) groups is 1. The molecule has 0 aliphatic carbocycles. The van der Waals surface area contributed by atoms with Gasteiger partial charge in [-0.3, -0.25) is 4.79 Å². The van der Waals surface area contributed by atoms with Crippen molar-refractivity contribution in [3.8, 4) is 11.8 Å². The number of nitrogens with one attached hydrogen (secondary N) is 1. The smallest absolute Gasteiger partial charge is 0.286 e. The first-order valence-electron chi connectivity index (χ1n) is 8.31. The molecule has 1 N–H and O–H groups in total. The number of nitriles is 1. The van der Waals surface area contributed by atoms with E-state index in [4.69, 9.17) is 10.00 Å². The molecule has 3 rings (SSSR count). The Hall–Kier alpha value is -2.30. The van der Waals surface area contributed by atoms with E-state index in [-0.39, 0.29) is 5.91 Å². The molecular weight excluding hydrogens is 336 g/mol. The maximum Gasteiger partial charge on any atom is 0.286 e. The molecule has 1 saturated heterocycles. The van der Waals surface area contributed by atoms with Crippen LogP contribution in [0.2, 0.25) is 0 Å². The van der Waals surface area contributed by atoms with E-state index in [1.165, 1.54) is 16.7 Å². The normalized spacial score (nSPS) is 19.8. The number of amides is 1. The Morgan fingerprint density at radius 2 is 2.08 bits per heavy atom. The number of piperazine rings is 1. The third kappa shape index (κ3) is 4.41. The van der Waals surface area contributed by atoms with E-state index in [2.05, 4.69) is 16.0 Å². The van der Waals surface area contributed by atoms with Gasteiger partial charge in [0.05, 0.1) is 57.2 Å². The van der Waals surface area contributed by atoms with Gasteiger partial charge in [-0.25, -0.2) is 0 Å². The standard InChI is InChI=1S/C18H20N4O2S/c1-24-15-5-3-14(4-6-15)13-16-17(23)20-18(25-16)22-11-9-21(10-12-22)8-2-7-19/h3-6,13H,2,8-12H2,1H3/p+1. The second-order valence-corrected chi connectivity index (χ2v) is 6.99. The Morgan fingerprint density at radius 1 is 1.36 bits per heavy atom. The van der Waals surface area contributed by atoms with E-state index in [9.17, 15) is 4.79 Å². The third-order valence-electron chi connectivity index (χ3n) is 4.35. The summed E-state index contributed by atoms with van der Waals surface area (Å²) in [6, 6.07) is 9.81. The molecule has 2 aliphatic heterocycles. The first kappa shape index (κ1) is 17.5. The van der Waals surface area contributed by atoms with Gasteiger partial charge in [-0.15, -0.1) is 0 Å². The molecule has 6 nitrogen and oxygen atoms in total. The molecule has 0 radical (unpaired) electrons. The Labute approximate surface area is 151 Å². The van der Waals surface area contributed by atoms with Crippen molar-refractivity contribution < 1.29 is 14.4 Å². The predicted octanol–water partition coefficient (Wildman–Crippen LogP) is 0.780. The van der Waals surface area contributed by atoms with Crippen molar-refractivity contribution in [3.63, 3.8) is 0 Å². The zero-order valence-electron chi connectivity index (χ0n) is 14.2. The number of hydrogen-bond donors (Lipinski definition) is 1. The topological polar surface area (TPSA) is 70.1 Å². The van der Waals surface area contributed by atoms with Gasteiger partial charge < -0.3 is 14.5 Å². The van der Waals surface area contributed by atoms with Crippen LogP contribution in [0.25, 0.3) is 6.08 Å². The predicted molar refractivity (Wildman–Crippen MR) is 98.4 cm³/mol. The van der Waals surface area contributed by atoms with Crippen molar-refractivity contribution in [2.45, 2.75) is 6.42 Å². The van der Waals surface area contributed by atoms with Crippen LogP contribution in [-0.2, 0) is 4.79 Å². The summed E-state index contributed by atoms with van der Waals surface area (Å²) in [5, 5.41) is 9.48. The Bertz CT molecular complexity index is 728. The van der Waals surface area contributed by atoms with Crippen LogP contribution in [0.1, 0.15) is 12.0 Å². The number of rotatable bonds is 4. The van der Waals surface area contributed by atoms with Crippen LogP contribution in [0.4, 0.5) is 0 Å². The van der Waals surface area contributed by atoms with Gasteiger partial charge in [-0.1, -0.05) is 12.1 Å². The highest BCUT2D eigenvalue weighted by atomic mass is 32.2. The van der Waals surface area contributed by atoms with Gasteiger partial charge in [0, 0.05) is 0 Å². The monoisotopic (exact) mass is 357 g/mol. The number of carbonyl (C=O) groups excluding carboxylic acids is 1. The first-order valence-corrected chi connectivity index (χ1v) is 9.13. The molecule has 1 aromatic rings. The lowest BCUT2D eigenvalue weighted by Crippen LogP contribution is -3.14. The largest absolute Gasteiger partial charge is 0.497 e. The molecule has 0 spiro atoms. The van der Waals surface area contributed by atoms with E-state index in [1.54, 1.807) is 7.11 Å². The summed E-state index contributed by atoms with van der Waals surface area (Å²) >= 11 is 1.44. The molecule has 0 aromatic heterocycles. The van der Waals surface area contributed by atoms with Gasteiger partial charge in [-0.05, 0) is 35.5 Å². The fraction of sp³-hybridized carbons (Fsp3) is 0.389. The minimum Gasteiger partial charge on any atom is -0.497 e. The molecule has 130 valence electrons. The highest BCUT2D eigenvalue weighted by molar-refractivity contribution is 8.18. The third-order valence-corrected chi connectivity index (χ3v) is 5.40. The van der Waals surface area contributed by atoms with Gasteiger partial charge in [0.25, 0.3) is 5.91 Å². The highest BCUT2D eigenvalue weighted by Crippen LogP contribution is 2.30. The molecule has 0 atom stereocenters. The number of amidine groups is 1. The number of hydrogen-bond acceptors (Lipinski definition) is 5. The molecule has 1 aromatic carbocycles. The number of nitrogens with zero attached hydrogens (tertiary/aromatic N) is 3. The Balaban J connectivity index is 1.59. The van der Waals surface area contributed by atoms with Crippen LogP contribution in [0.15, 0.2) is 34.2 Å². The summed E-state index contributed by atoms with van der Waals surface area (Å²) in [5.74, 6) is 0.622. The van der Waals surface area contributed by atoms with E-state index in [1.807, 2.05) is 30.3 Å². The number of carbonyl (C=O) groups is 1. The van der Waals surface area contributed by atoms with Crippen molar-refractivity contribution in [3.05, 3.63) is 34.7 Å². The second-order valence-electron chi connectivity index (χ2n) is 5.98. The van der Waals surface area contributed by atoms with Crippen LogP contribution in [0.3, 0.4) is 0 Å². The quantitative estimate of drug-likeness (QED) is 0.807. The Kier molecular flexibility index (Phi) is 5.74. The fourth-order valence-electron chi connectivity index (χ4n) is 2.88. The number of benzene rings is 1. The molecule has 7 heteroatoms. The second kappa shape index (κ2) is 8.19. The molecule has 0 saturated carbocycles. The van der Waals surface area contributed by atoms with Crippen LogP contribution in [-0.4, -0.2) is 55.8 Å². The van der Waals surface area contributed by atoms with Crippen molar-refractivity contribution >= 4 is 28.9 Å². The summed E-state index contributed by atoms with van der Waals surface area (Å²) in [5.41, 5.74) is 0.957. The zero-order chi connectivity index (χ0) is 17.6. The number of methoxy groups -OCH3 is 1. The molecule has 25 heavy (non-hydrogen) atoms. The minimum absolute atomic E-state index is 0.171. The van der Waals surface area contributed by atoms with Crippen molar-refractivity contribution in [1.29, 1.82) is 5.26 Å². The van der Waals surface area contributed by atoms with Crippen LogP contribution >= 0.6 is 11.8 Å². The van der Waals surface area contributed by atoms with E-state index >= 15 is 0 Å². The van der Waals surface area contributed by atoms with Gasteiger partial charge in [0.2, 0.25) is 0 Å². The van der Waals surface area contributed by atoms with Gasteiger partial charge in [0.1, 0.15) is 5.75 Å². The molecule has 0 unspecified atom stereocenters. The number of ether oxygens (including phenoxy) is 1. The fourth-order valence-corrected chi connectivity index (χ4v) is 3.85. The number of aliphatic imine (C=N–C) groups is 1. The summed E-state index contributed by atoms with van der Waals surface area (Å²) < 4.78 is 5.15. The lowest BCUT2D eigenvalue weighted by molar-refractivity contribution is -0.903. The van der Waals surface area contributed by atoms with Gasteiger partial charge >= 0.3 is 0 Å². The maximum atomic E-state index is 12.2. The molecule has 2 aliphatic rings.